The second-order valence-corrected chi connectivity index (χ2v) is 8.79. The normalized spacial score (nSPS) is 11.7. The van der Waals surface area contributed by atoms with Gasteiger partial charge in [0.1, 0.15) is 0 Å². The molecule has 0 aliphatic heterocycles. The van der Waals surface area contributed by atoms with E-state index >= 15 is 0 Å². The molecule has 7 nitrogen and oxygen atoms in total. The molecule has 0 saturated heterocycles. The summed E-state index contributed by atoms with van der Waals surface area (Å²) in [4.78, 5) is 30.0. The van der Waals surface area contributed by atoms with Crippen molar-refractivity contribution in [2.75, 3.05) is 10.6 Å². The number of alkyl halides is 3. The molecular formula is C23H20F3N5O2S. The van der Waals surface area contributed by atoms with Crippen LogP contribution in [0.3, 0.4) is 0 Å². The molecule has 34 heavy (non-hydrogen) atoms. The van der Waals surface area contributed by atoms with E-state index in [1.54, 1.807) is 10.7 Å². The Balaban J connectivity index is 1.80. The fourth-order valence-electron chi connectivity index (χ4n) is 3.49. The average molecular weight is 488 g/mol. The first-order valence-electron chi connectivity index (χ1n) is 10.3. The zero-order chi connectivity index (χ0) is 24.6. The zero-order valence-electron chi connectivity index (χ0n) is 18.4. The predicted octanol–water partition coefficient (Wildman–Crippen LogP) is 5.97. The molecule has 4 rings (SSSR count). The molecule has 0 atom stereocenters. The predicted molar refractivity (Wildman–Crippen MR) is 125 cm³/mol. The lowest BCUT2D eigenvalue weighted by molar-refractivity contribution is -0.137. The van der Waals surface area contributed by atoms with Crippen molar-refractivity contribution in [2.45, 2.75) is 33.0 Å². The number of fused-ring (bicyclic) bond motifs is 1. The van der Waals surface area contributed by atoms with Gasteiger partial charge in [0.25, 0.3) is 5.91 Å². The first kappa shape index (κ1) is 23.4. The molecule has 0 radical (unpaired) electrons. The molecule has 0 aliphatic carbocycles. The number of benzene rings is 1. The number of anilines is 2. The van der Waals surface area contributed by atoms with Crippen LogP contribution < -0.4 is 10.6 Å². The van der Waals surface area contributed by atoms with Crippen molar-refractivity contribution >= 4 is 45.6 Å². The Labute approximate surface area is 196 Å². The van der Waals surface area contributed by atoms with Gasteiger partial charge in [0.2, 0.25) is 5.91 Å². The maximum Gasteiger partial charge on any atom is 0.418 e. The summed E-state index contributed by atoms with van der Waals surface area (Å²) in [5.74, 6) is -1.24. The van der Waals surface area contributed by atoms with Crippen LogP contribution in [0.15, 0.2) is 48.0 Å². The minimum Gasteiger partial charge on any atom is -0.326 e. The number of halogens is 3. The van der Waals surface area contributed by atoms with Gasteiger partial charge in [0.15, 0.2) is 5.65 Å². The van der Waals surface area contributed by atoms with Gasteiger partial charge < -0.3 is 10.6 Å². The molecule has 0 aliphatic rings. The Morgan fingerprint density at radius 1 is 1.12 bits per heavy atom. The molecule has 0 saturated carbocycles. The summed E-state index contributed by atoms with van der Waals surface area (Å²) in [6.45, 7) is 5.02. The molecule has 0 bridgehead atoms. The number of amides is 2. The van der Waals surface area contributed by atoms with E-state index < -0.39 is 29.2 Å². The van der Waals surface area contributed by atoms with Crippen LogP contribution in [0.1, 0.15) is 42.7 Å². The highest BCUT2D eigenvalue weighted by molar-refractivity contribution is 7.13. The molecule has 2 amide bonds. The van der Waals surface area contributed by atoms with Crippen molar-refractivity contribution in [3.63, 3.8) is 0 Å². The minimum absolute atomic E-state index is 0.0256. The SMILES string of the molecule is CC(=O)Nc1ccc(NC(=O)c2cc(-c3cccs3)nc3c2cnn3C(C)C)c(C(F)(F)F)c1. The van der Waals surface area contributed by atoms with Gasteiger partial charge in [0, 0.05) is 18.7 Å². The third kappa shape index (κ3) is 4.65. The van der Waals surface area contributed by atoms with E-state index in [9.17, 15) is 22.8 Å². The average Bonchev–Trinajstić information content (AvgIpc) is 3.43. The fraction of sp³-hybridized carbons (Fsp3) is 0.217. The Kier molecular flexibility index (Phi) is 6.13. The van der Waals surface area contributed by atoms with Gasteiger partial charge in [-0.25, -0.2) is 9.67 Å². The first-order chi connectivity index (χ1) is 16.0. The van der Waals surface area contributed by atoms with Crippen LogP contribution in [0, 0.1) is 0 Å². The summed E-state index contributed by atoms with van der Waals surface area (Å²) in [6.07, 6.45) is -3.27. The number of aromatic nitrogens is 3. The maximum absolute atomic E-state index is 13.7. The zero-order valence-corrected chi connectivity index (χ0v) is 19.2. The highest BCUT2D eigenvalue weighted by atomic mass is 32.1. The van der Waals surface area contributed by atoms with E-state index in [2.05, 4.69) is 20.7 Å². The van der Waals surface area contributed by atoms with Crippen LogP contribution in [-0.4, -0.2) is 26.6 Å². The maximum atomic E-state index is 13.7. The van der Waals surface area contributed by atoms with Crippen molar-refractivity contribution in [1.29, 1.82) is 0 Å². The van der Waals surface area contributed by atoms with E-state index in [0.717, 1.165) is 17.0 Å². The number of nitrogens with one attached hydrogen (secondary N) is 2. The van der Waals surface area contributed by atoms with Gasteiger partial charge in [0.05, 0.1) is 39.0 Å². The molecule has 2 N–H and O–H groups in total. The first-order valence-corrected chi connectivity index (χ1v) is 11.1. The molecule has 176 valence electrons. The van der Waals surface area contributed by atoms with E-state index in [-0.39, 0.29) is 17.3 Å². The van der Waals surface area contributed by atoms with Crippen molar-refractivity contribution in [2.24, 2.45) is 0 Å². The number of nitrogens with zero attached hydrogens (tertiary/aromatic N) is 3. The van der Waals surface area contributed by atoms with Gasteiger partial charge in [-0.3, -0.25) is 9.59 Å². The van der Waals surface area contributed by atoms with Gasteiger partial charge in [-0.15, -0.1) is 11.3 Å². The van der Waals surface area contributed by atoms with E-state index in [1.165, 1.54) is 30.5 Å². The highest BCUT2D eigenvalue weighted by Gasteiger charge is 2.34. The van der Waals surface area contributed by atoms with Crippen LogP contribution in [0.25, 0.3) is 21.6 Å². The third-order valence-corrected chi connectivity index (χ3v) is 5.86. The Bertz CT molecular complexity index is 1380. The van der Waals surface area contributed by atoms with E-state index in [0.29, 0.717) is 16.7 Å². The standard InChI is InChI=1S/C23H20F3N5O2S/c1-12(2)31-21-16(11-27-31)15(10-19(29-21)20-5-4-8-34-20)22(33)30-18-7-6-14(28-13(3)32)9-17(18)23(24,25)26/h4-12H,1-3H3,(H,28,32)(H,30,33). The van der Waals surface area contributed by atoms with Crippen molar-refractivity contribution in [1.82, 2.24) is 14.8 Å². The second-order valence-electron chi connectivity index (χ2n) is 7.85. The smallest absolute Gasteiger partial charge is 0.326 e. The summed E-state index contributed by atoms with van der Waals surface area (Å²) in [7, 11) is 0. The van der Waals surface area contributed by atoms with Crippen LogP contribution in [0.4, 0.5) is 24.5 Å². The minimum atomic E-state index is -4.75. The Hall–Kier alpha value is -3.73. The van der Waals surface area contributed by atoms with Gasteiger partial charge >= 0.3 is 6.18 Å². The molecule has 3 heterocycles. The second kappa shape index (κ2) is 8.90. The van der Waals surface area contributed by atoms with Crippen molar-refractivity contribution in [3.05, 3.63) is 59.1 Å². The molecule has 0 spiro atoms. The van der Waals surface area contributed by atoms with Crippen LogP contribution in [-0.2, 0) is 11.0 Å². The van der Waals surface area contributed by atoms with Crippen LogP contribution >= 0.6 is 11.3 Å². The lowest BCUT2D eigenvalue weighted by Crippen LogP contribution is -2.18. The monoisotopic (exact) mass is 487 g/mol. The largest absolute Gasteiger partial charge is 0.418 e. The molecule has 1 aromatic carbocycles. The molecule has 3 aromatic heterocycles. The lowest BCUT2D eigenvalue weighted by Gasteiger charge is -2.16. The Morgan fingerprint density at radius 3 is 2.50 bits per heavy atom. The number of thiophene rings is 1. The van der Waals surface area contributed by atoms with Crippen LogP contribution in [0.2, 0.25) is 0 Å². The molecule has 11 heteroatoms. The Morgan fingerprint density at radius 2 is 1.88 bits per heavy atom. The highest BCUT2D eigenvalue weighted by Crippen LogP contribution is 2.37. The number of hydrogen-bond donors (Lipinski definition) is 2. The summed E-state index contributed by atoms with van der Waals surface area (Å²) in [6, 6.07) is 8.39. The van der Waals surface area contributed by atoms with Gasteiger partial charge in [-0.2, -0.15) is 18.3 Å². The van der Waals surface area contributed by atoms with Gasteiger partial charge in [-0.05, 0) is 49.6 Å². The quantitative estimate of drug-likeness (QED) is 0.363. The molecule has 0 fully saturated rings. The fourth-order valence-corrected chi connectivity index (χ4v) is 4.18. The van der Waals surface area contributed by atoms with Crippen molar-refractivity contribution < 1.29 is 22.8 Å². The molecule has 0 unspecified atom stereocenters. The van der Waals surface area contributed by atoms with E-state index in [1.807, 2.05) is 31.4 Å². The number of rotatable bonds is 5. The number of carbonyl (C=O) groups excluding carboxylic acids is 2. The summed E-state index contributed by atoms with van der Waals surface area (Å²) >= 11 is 1.43. The number of hydrogen-bond acceptors (Lipinski definition) is 5. The molecular weight excluding hydrogens is 467 g/mol. The summed E-state index contributed by atoms with van der Waals surface area (Å²) < 4.78 is 42.8. The molecule has 4 aromatic rings. The van der Waals surface area contributed by atoms with Crippen molar-refractivity contribution in [3.8, 4) is 10.6 Å². The summed E-state index contributed by atoms with van der Waals surface area (Å²) in [5.41, 5.74) is -0.392. The van der Waals surface area contributed by atoms with Crippen LogP contribution in [0.5, 0.6) is 0 Å². The summed E-state index contributed by atoms with van der Waals surface area (Å²) in [5, 5.41) is 11.3. The van der Waals surface area contributed by atoms with Gasteiger partial charge in [-0.1, -0.05) is 6.07 Å². The third-order valence-electron chi connectivity index (χ3n) is 4.97. The topological polar surface area (TPSA) is 88.9 Å². The van der Waals surface area contributed by atoms with E-state index in [4.69, 9.17) is 0 Å². The lowest BCUT2D eigenvalue weighted by atomic mass is 10.1. The number of carbonyl (C=O) groups is 2. The number of pyridine rings is 1.